The van der Waals surface area contributed by atoms with Crippen LogP contribution < -0.4 is 0 Å². The van der Waals surface area contributed by atoms with Crippen LogP contribution in [0.3, 0.4) is 0 Å². The molecule has 25 heavy (non-hydrogen) atoms. The molecule has 1 fully saturated rings. The number of piperazine rings is 1. The third kappa shape index (κ3) is 3.15. The van der Waals surface area contributed by atoms with E-state index in [-0.39, 0.29) is 5.91 Å². The monoisotopic (exact) mass is 334 g/mol. The number of aromatic nitrogens is 2. The van der Waals surface area contributed by atoms with E-state index in [1.165, 1.54) is 5.56 Å². The first-order chi connectivity index (χ1) is 12.2. The smallest absolute Gasteiger partial charge is 0.253 e. The van der Waals surface area contributed by atoms with Crippen molar-refractivity contribution in [3.8, 4) is 0 Å². The molecule has 1 aliphatic rings. The molecule has 3 aromatic rings. The average molecular weight is 334 g/mol. The van der Waals surface area contributed by atoms with Crippen LogP contribution in [0.5, 0.6) is 0 Å². The van der Waals surface area contributed by atoms with Crippen LogP contribution in [0.2, 0.25) is 0 Å². The van der Waals surface area contributed by atoms with Crippen molar-refractivity contribution in [3.05, 3.63) is 66.1 Å². The van der Waals surface area contributed by atoms with Gasteiger partial charge in [0.2, 0.25) is 0 Å². The maximum absolute atomic E-state index is 12.8. The summed E-state index contributed by atoms with van der Waals surface area (Å²) in [6, 6.07) is 12.3. The molecule has 0 radical (unpaired) electrons. The molecule has 0 saturated carbocycles. The van der Waals surface area contributed by atoms with E-state index in [4.69, 9.17) is 0 Å². The minimum Gasteiger partial charge on any atom is -0.361 e. The normalized spacial score (nSPS) is 16.9. The zero-order valence-electron chi connectivity index (χ0n) is 14.4. The second-order valence-corrected chi connectivity index (χ2v) is 6.57. The molecular formula is C20H22N4O. The van der Waals surface area contributed by atoms with Gasteiger partial charge in [-0.05, 0) is 42.8 Å². The van der Waals surface area contributed by atoms with Crippen molar-refractivity contribution in [2.24, 2.45) is 0 Å². The standard InChI is InChI=1S/C20H22N4O/c1-15(18-3-2-7-21-14-18)23-9-11-24(12-10-23)20(25)17-4-5-19-16(13-17)6-8-22-19/h2-8,13-15,22H,9-12H2,1H3/t15-/m0/s1. The number of rotatable bonds is 3. The number of amides is 1. The van der Waals surface area contributed by atoms with E-state index in [1.54, 1.807) is 6.20 Å². The summed E-state index contributed by atoms with van der Waals surface area (Å²) in [5.74, 6) is 0.122. The number of fused-ring (bicyclic) bond motifs is 1. The van der Waals surface area contributed by atoms with Gasteiger partial charge in [0, 0.05) is 67.3 Å². The molecule has 2 aromatic heterocycles. The number of pyridine rings is 1. The van der Waals surface area contributed by atoms with E-state index in [0.29, 0.717) is 6.04 Å². The summed E-state index contributed by atoms with van der Waals surface area (Å²) < 4.78 is 0. The van der Waals surface area contributed by atoms with Crippen molar-refractivity contribution >= 4 is 16.8 Å². The van der Waals surface area contributed by atoms with Gasteiger partial charge in [0.05, 0.1) is 0 Å². The topological polar surface area (TPSA) is 52.2 Å². The minimum atomic E-state index is 0.122. The van der Waals surface area contributed by atoms with Crippen molar-refractivity contribution in [1.29, 1.82) is 0 Å². The molecule has 4 rings (SSSR count). The molecule has 0 bridgehead atoms. The summed E-state index contributed by atoms with van der Waals surface area (Å²) in [6.45, 7) is 5.49. The Balaban J connectivity index is 1.42. The first-order valence-electron chi connectivity index (χ1n) is 8.73. The van der Waals surface area contributed by atoms with Crippen LogP contribution in [0.1, 0.15) is 28.9 Å². The minimum absolute atomic E-state index is 0.122. The maximum atomic E-state index is 12.8. The van der Waals surface area contributed by atoms with Gasteiger partial charge in [0.25, 0.3) is 5.91 Å². The third-order valence-corrected chi connectivity index (χ3v) is 5.12. The van der Waals surface area contributed by atoms with Crippen LogP contribution in [0.15, 0.2) is 55.0 Å². The molecule has 1 atom stereocenters. The number of H-pyrrole nitrogens is 1. The fourth-order valence-corrected chi connectivity index (χ4v) is 3.52. The summed E-state index contributed by atoms with van der Waals surface area (Å²) in [4.78, 5) is 24.5. The van der Waals surface area contributed by atoms with Crippen LogP contribution in [-0.4, -0.2) is 51.9 Å². The molecule has 5 heteroatoms. The maximum Gasteiger partial charge on any atom is 0.253 e. The number of hydrogen-bond acceptors (Lipinski definition) is 3. The lowest BCUT2D eigenvalue weighted by atomic mass is 10.1. The lowest BCUT2D eigenvalue weighted by molar-refractivity contribution is 0.0582. The first kappa shape index (κ1) is 15.8. The first-order valence-corrected chi connectivity index (χ1v) is 8.73. The largest absolute Gasteiger partial charge is 0.361 e. The van der Waals surface area contributed by atoms with Crippen LogP contribution in [-0.2, 0) is 0 Å². The molecule has 1 amide bonds. The van der Waals surface area contributed by atoms with E-state index >= 15 is 0 Å². The van der Waals surface area contributed by atoms with Gasteiger partial charge >= 0.3 is 0 Å². The molecule has 1 aromatic carbocycles. The lowest BCUT2D eigenvalue weighted by Crippen LogP contribution is -2.49. The Labute approximate surface area is 147 Å². The Morgan fingerprint density at radius 2 is 2.00 bits per heavy atom. The van der Waals surface area contributed by atoms with E-state index in [2.05, 4.69) is 27.9 Å². The van der Waals surface area contributed by atoms with Gasteiger partial charge in [-0.3, -0.25) is 14.7 Å². The Bertz CT molecular complexity index is 866. The molecule has 128 valence electrons. The second kappa shape index (κ2) is 6.69. The number of hydrogen-bond donors (Lipinski definition) is 1. The van der Waals surface area contributed by atoms with Gasteiger partial charge in [-0.25, -0.2) is 0 Å². The summed E-state index contributed by atoms with van der Waals surface area (Å²) in [5, 5.41) is 1.08. The quantitative estimate of drug-likeness (QED) is 0.801. The molecule has 0 spiro atoms. The summed E-state index contributed by atoms with van der Waals surface area (Å²) in [6.07, 6.45) is 5.62. The highest BCUT2D eigenvalue weighted by Gasteiger charge is 2.25. The predicted octanol–water partition coefficient (Wildman–Crippen LogP) is 3.08. The van der Waals surface area contributed by atoms with Gasteiger partial charge in [-0.1, -0.05) is 6.07 Å². The van der Waals surface area contributed by atoms with Crippen molar-refractivity contribution in [2.75, 3.05) is 26.2 Å². The SMILES string of the molecule is C[C@@H](c1cccnc1)N1CCN(C(=O)c2ccc3[nH]ccc3c2)CC1. The second-order valence-electron chi connectivity index (χ2n) is 6.57. The molecule has 1 N–H and O–H groups in total. The fraction of sp³-hybridized carbons (Fsp3) is 0.300. The number of carbonyl (C=O) groups is 1. The van der Waals surface area contributed by atoms with E-state index in [1.807, 2.05) is 47.6 Å². The van der Waals surface area contributed by atoms with E-state index < -0.39 is 0 Å². The molecule has 5 nitrogen and oxygen atoms in total. The van der Waals surface area contributed by atoms with Crippen molar-refractivity contribution in [1.82, 2.24) is 19.8 Å². The van der Waals surface area contributed by atoms with E-state index in [0.717, 1.165) is 42.6 Å². The van der Waals surface area contributed by atoms with Crippen molar-refractivity contribution < 1.29 is 4.79 Å². The van der Waals surface area contributed by atoms with Gasteiger partial charge < -0.3 is 9.88 Å². The highest BCUT2D eigenvalue weighted by atomic mass is 16.2. The molecule has 0 unspecified atom stereocenters. The molecule has 0 aliphatic carbocycles. The Kier molecular flexibility index (Phi) is 4.24. The van der Waals surface area contributed by atoms with E-state index in [9.17, 15) is 4.79 Å². The molecule has 1 saturated heterocycles. The van der Waals surface area contributed by atoms with Gasteiger partial charge in [0.1, 0.15) is 0 Å². The Morgan fingerprint density at radius 3 is 2.76 bits per heavy atom. The number of benzene rings is 1. The number of aromatic amines is 1. The van der Waals surface area contributed by atoms with Crippen LogP contribution >= 0.6 is 0 Å². The lowest BCUT2D eigenvalue weighted by Gasteiger charge is -2.38. The third-order valence-electron chi connectivity index (χ3n) is 5.12. The van der Waals surface area contributed by atoms with Gasteiger partial charge in [0.15, 0.2) is 0 Å². The van der Waals surface area contributed by atoms with Gasteiger partial charge in [-0.2, -0.15) is 0 Å². The molecule has 3 heterocycles. The Morgan fingerprint density at radius 1 is 1.16 bits per heavy atom. The summed E-state index contributed by atoms with van der Waals surface area (Å²) in [5.41, 5.74) is 3.05. The summed E-state index contributed by atoms with van der Waals surface area (Å²) in [7, 11) is 0. The highest BCUT2D eigenvalue weighted by Crippen LogP contribution is 2.22. The predicted molar refractivity (Wildman–Crippen MR) is 98.4 cm³/mol. The fourth-order valence-electron chi connectivity index (χ4n) is 3.52. The number of nitrogens with one attached hydrogen (secondary N) is 1. The zero-order valence-corrected chi connectivity index (χ0v) is 14.4. The van der Waals surface area contributed by atoms with Crippen LogP contribution in [0.25, 0.3) is 10.9 Å². The number of carbonyl (C=O) groups excluding carboxylic acids is 1. The zero-order chi connectivity index (χ0) is 17.2. The van der Waals surface area contributed by atoms with Gasteiger partial charge in [-0.15, -0.1) is 0 Å². The molecular weight excluding hydrogens is 312 g/mol. The van der Waals surface area contributed by atoms with Crippen LogP contribution in [0.4, 0.5) is 0 Å². The van der Waals surface area contributed by atoms with Crippen molar-refractivity contribution in [2.45, 2.75) is 13.0 Å². The highest BCUT2D eigenvalue weighted by molar-refractivity contribution is 5.98. The summed E-state index contributed by atoms with van der Waals surface area (Å²) >= 11 is 0. The van der Waals surface area contributed by atoms with Crippen molar-refractivity contribution in [3.63, 3.8) is 0 Å². The molecule has 1 aliphatic heterocycles. The number of nitrogens with zero attached hydrogens (tertiary/aromatic N) is 3. The van der Waals surface area contributed by atoms with Crippen LogP contribution in [0, 0.1) is 0 Å². The average Bonchev–Trinajstić information content (AvgIpc) is 3.15. The Hall–Kier alpha value is -2.66.